The monoisotopic (exact) mass is 262 g/mol. The molecule has 1 rings (SSSR count). The highest BCUT2D eigenvalue weighted by molar-refractivity contribution is 5.84. The van der Waals surface area contributed by atoms with E-state index in [1.165, 1.54) is 5.56 Å². The van der Waals surface area contributed by atoms with Crippen molar-refractivity contribution in [2.75, 3.05) is 6.61 Å². The van der Waals surface area contributed by atoms with E-state index >= 15 is 0 Å². The van der Waals surface area contributed by atoms with Gasteiger partial charge in [-0.3, -0.25) is 4.79 Å². The van der Waals surface area contributed by atoms with Crippen molar-refractivity contribution in [2.45, 2.75) is 40.0 Å². The lowest BCUT2D eigenvalue weighted by atomic mass is 10.2. The van der Waals surface area contributed by atoms with Gasteiger partial charge in [-0.15, -0.1) is 0 Å². The molecule has 1 N–H and O–H groups in total. The molecule has 0 heterocycles. The van der Waals surface area contributed by atoms with E-state index in [-0.39, 0.29) is 12.5 Å². The van der Waals surface area contributed by atoms with Gasteiger partial charge < -0.3 is 4.74 Å². The van der Waals surface area contributed by atoms with Gasteiger partial charge in [0, 0.05) is 5.71 Å². The molecule has 1 amide bonds. The molecule has 4 heteroatoms. The number of hydrogen-bond donors (Lipinski definition) is 1. The van der Waals surface area contributed by atoms with Crippen LogP contribution in [0.15, 0.2) is 29.4 Å². The first-order valence-corrected chi connectivity index (χ1v) is 6.69. The third kappa shape index (κ3) is 6.04. The Kier molecular flexibility index (Phi) is 6.64. The lowest BCUT2D eigenvalue weighted by Crippen LogP contribution is -2.25. The first kappa shape index (κ1) is 15.2. The van der Waals surface area contributed by atoms with Crippen molar-refractivity contribution in [2.24, 2.45) is 5.10 Å². The number of hydrazone groups is 1. The highest BCUT2D eigenvalue weighted by atomic mass is 16.5. The molecule has 0 aromatic heterocycles. The Morgan fingerprint density at radius 2 is 1.95 bits per heavy atom. The van der Waals surface area contributed by atoms with E-state index in [2.05, 4.69) is 24.4 Å². The molecule has 19 heavy (non-hydrogen) atoms. The minimum absolute atomic E-state index is 0.0195. The Labute approximate surface area is 114 Å². The number of hydrogen-bond acceptors (Lipinski definition) is 3. The Morgan fingerprint density at radius 3 is 2.53 bits per heavy atom. The summed E-state index contributed by atoms with van der Waals surface area (Å²) in [7, 11) is 0. The van der Waals surface area contributed by atoms with Crippen LogP contribution in [0.3, 0.4) is 0 Å². The Balaban J connectivity index is 2.35. The van der Waals surface area contributed by atoms with Gasteiger partial charge in [-0.1, -0.05) is 32.4 Å². The third-order valence-electron chi connectivity index (χ3n) is 2.68. The summed E-state index contributed by atoms with van der Waals surface area (Å²) >= 11 is 0. The number of rotatable bonds is 7. The van der Waals surface area contributed by atoms with Crippen LogP contribution in [0.25, 0.3) is 0 Å². The van der Waals surface area contributed by atoms with Gasteiger partial charge in [-0.25, -0.2) is 5.43 Å². The van der Waals surface area contributed by atoms with Gasteiger partial charge in [0.15, 0.2) is 6.61 Å². The van der Waals surface area contributed by atoms with Crippen molar-refractivity contribution in [3.63, 3.8) is 0 Å². The lowest BCUT2D eigenvalue weighted by Gasteiger charge is -2.06. The summed E-state index contributed by atoms with van der Waals surface area (Å²) in [5, 5.41) is 3.99. The number of ether oxygens (including phenoxy) is 1. The van der Waals surface area contributed by atoms with Crippen LogP contribution in [0.1, 0.15) is 39.2 Å². The fourth-order valence-electron chi connectivity index (χ4n) is 1.58. The lowest BCUT2D eigenvalue weighted by molar-refractivity contribution is -0.123. The van der Waals surface area contributed by atoms with Crippen molar-refractivity contribution in [1.82, 2.24) is 5.43 Å². The van der Waals surface area contributed by atoms with Gasteiger partial charge in [-0.2, -0.15) is 5.10 Å². The quantitative estimate of drug-likeness (QED) is 0.606. The summed E-state index contributed by atoms with van der Waals surface area (Å²) < 4.78 is 5.38. The molecule has 1 aromatic rings. The number of carbonyl (C=O) groups is 1. The summed E-state index contributed by atoms with van der Waals surface area (Å²) in [6, 6.07) is 7.74. The number of nitrogens with one attached hydrogen (secondary N) is 1. The van der Waals surface area contributed by atoms with Crippen LogP contribution >= 0.6 is 0 Å². The average Bonchev–Trinajstić information content (AvgIpc) is 2.44. The topological polar surface area (TPSA) is 50.7 Å². The molecule has 0 spiro atoms. The summed E-state index contributed by atoms with van der Waals surface area (Å²) in [6.45, 7) is 6.05. The average molecular weight is 262 g/mol. The van der Waals surface area contributed by atoms with E-state index in [1.807, 2.05) is 31.2 Å². The normalized spacial score (nSPS) is 11.2. The highest BCUT2D eigenvalue weighted by Gasteiger charge is 2.02. The fourth-order valence-corrected chi connectivity index (χ4v) is 1.58. The van der Waals surface area contributed by atoms with Crippen LogP contribution in [0.2, 0.25) is 0 Å². The zero-order chi connectivity index (χ0) is 14.1. The maximum atomic E-state index is 11.5. The predicted molar refractivity (Wildman–Crippen MR) is 77.5 cm³/mol. The second-order valence-electron chi connectivity index (χ2n) is 4.42. The van der Waals surface area contributed by atoms with Gasteiger partial charge in [0.2, 0.25) is 0 Å². The van der Waals surface area contributed by atoms with Crippen LogP contribution in [-0.2, 0) is 11.2 Å². The van der Waals surface area contributed by atoms with Crippen molar-refractivity contribution in [3.05, 3.63) is 29.8 Å². The Morgan fingerprint density at radius 1 is 1.26 bits per heavy atom. The van der Waals surface area contributed by atoms with Crippen LogP contribution in [-0.4, -0.2) is 18.2 Å². The van der Waals surface area contributed by atoms with E-state index in [1.54, 1.807) is 0 Å². The SMILES string of the molecule is CCC/C(C)=N/NC(=O)COc1ccc(CC)cc1. The maximum absolute atomic E-state index is 11.5. The van der Waals surface area contributed by atoms with Crippen molar-refractivity contribution < 1.29 is 9.53 Å². The summed E-state index contributed by atoms with van der Waals surface area (Å²) in [6.07, 6.45) is 2.90. The number of aryl methyl sites for hydroxylation is 1. The molecule has 0 aliphatic carbocycles. The van der Waals surface area contributed by atoms with Crippen LogP contribution < -0.4 is 10.2 Å². The maximum Gasteiger partial charge on any atom is 0.277 e. The van der Waals surface area contributed by atoms with Crippen molar-refractivity contribution in [1.29, 1.82) is 0 Å². The fraction of sp³-hybridized carbons (Fsp3) is 0.467. The van der Waals surface area contributed by atoms with Crippen LogP contribution in [0.4, 0.5) is 0 Å². The second kappa shape index (κ2) is 8.29. The predicted octanol–water partition coefficient (Wildman–Crippen LogP) is 2.92. The summed E-state index contributed by atoms with van der Waals surface area (Å²) in [5.41, 5.74) is 4.65. The first-order valence-electron chi connectivity index (χ1n) is 6.69. The molecule has 0 unspecified atom stereocenters. The van der Waals surface area contributed by atoms with E-state index in [4.69, 9.17) is 4.74 Å². The molecule has 0 fully saturated rings. The highest BCUT2D eigenvalue weighted by Crippen LogP contribution is 2.12. The van der Waals surface area contributed by atoms with Gasteiger partial charge >= 0.3 is 0 Å². The minimum Gasteiger partial charge on any atom is -0.484 e. The molecule has 0 bridgehead atoms. The molecule has 0 saturated heterocycles. The second-order valence-corrected chi connectivity index (χ2v) is 4.42. The van der Waals surface area contributed by atoms with E-state index < -0.39 is 0 Å². The molecule has 1 aromatic carbocycles. The molecule has 0 radical (unpaired) electrons. The van der Waals surface area contributed by atoms with Crippen LogP contribution in [0.5, 0.6) is 5.75 Å². The molecule has 0 saturated carbocycles. The Hall–Kier alpha value is -1.84. The molecule has 104 valence electrons. The number of carbonyl (C=O) groups excluding carboxylic acids is 1. The molecular formula is C15H22N2O2. The standard InChI is InChI=1S/C15H22N2O2/c1-4-6-12(3)16-17-15(18)11-19-14-9-7-13(5-2)8-10-14/h7-10H,4-6,11H2,1-3H3,(H,17,18)/b16-12+. The van der Waals surface area contributed by atoms with Gasteiger partial charge in [0.25, 0.3) is 5.91 Å². The van der Waals surface area contributed by atoms with Crippen molar-refractivity contribution >= 4 is 11.6 Å². The molecule has 0 aliphatic rings. The van der Waals surface area contributed by atoms with E-state index in [9.17, 15) is 4.79 Å². The van der Waals surface area contributed by atoms with Gasteiger partial charge in [-0.05, 0) is 37.5 Å². The molecule has 4 nitrogen and oxygen atoms in total. The molecular weight excluding hydrogens is 240 g/mol. The summed E-state index contributed by atoms with van der Waals surface area (Å²) in [4.78, 5) is 11.5. The zero-order valence-corrected chi connectivity index (χ0v) is 11.9. The third-order valence-corrected chi connectivity index (χ3v) is 2.68. The van der Waals surface area contributed by atoms with Crippen LogP contribution in [0, 0.1) is 0 Å². The summed E-state index contributed by atoms with van der Waals surface area (Å²) in [5.74, 6) is 0.455. The smallest absolute Gasteiger partial charge is 0.277 e. The Bertz CT molecular complexity index is 424. The number of amides is 1. The van der Waals surface area contributed by atoms with Gasteiger partial charge in [0.1, 0.15) is 5.75 Å². The zero-order valence-electron chi connectivity index (χ0n) is 11.9. The largest absolute Gasteiger partial charge is 0.484 e. The first-order chi connectivity index (χ1) is 9.15. The minimum atomic E-state index is -0.241. The van der Waals surface area contributed by atoms with Gasteiger partial charge in [0.05, 0.1) is 0 Å². The number of benzene rings is 1. The van der Waals surface area contributed by atoms with Crippen molar-refractivity contribution in [3.8, 4) is 5.75 Å². The molecule has 0 atom stereocenters. The molecule has 0 aliphatic heterocycles. The number of nitrogens with zero attached hydrogens (tertiary/aromatic N) is 1. The van der Waals surface area contributed by atoms with E-state index in [0.717, 1.165) is 25.0 Å². The van der Waals surface area contributed by atoms with E-state index in [0.29, 0.717) is 5.75 Å².